The zero-order chi connectivity index (χ0) is 13.0. The van der Waals surface area contributed by atoms with Crippen LogP contribution in [0.3, 0.4) is 0 Å². The molecule has 0 radical (unpaired) electrons. The van der Waals surface area contributed by atoms with Crippen LogP contribution >= 0.6 is 11.6 Å². The predicted molar refractivity (Wildman–Crippen MR) is 64.6 cm³/mol. The summed E-state index contributed by atoms with van der Waals surface area (Å²) in [5, 5.41) is 31.9. The molecule has 0 heterocycles. The highest BCUT2D eigenvalue weighted by atomic mass is 35.5. The summed E-state index contributed by atoms with van der Waals surface area (Å²) in [6.07, 6.45) is -2.07. The third kappa shape index (κ3) is 3.23. The number of benzene rings is 1. The van der Waals surface area contributed by atoms with Gasteiger partial charge in [0.05, 0.1) is 18.2 Å². The summed E-state index contributed by atoms with van der Waals surface area (Å²) >= 11 is 5.79. The Morgan fingerprint density at radius 1 is 1.41 bits per heavy atom. The minimum atomic E-state index is -1.10. The van der Waals surface area contributed by atoms with Crippen molar-refractivity contribution in [3.8, 4) is 11.5 Å². The van der Waals surface area contributed by atoms with Crippen molar-refractivity contribution in [1.29, 1.82) is 0 Å². The number of methoxy groups -OCH3 is 1. The van der Waals surface area contributed by atoms with Crippen LogP contribution in [0.15, 0.2) is 12.1 Å². The molecule has 0 aromatic heterocycles. The molecule has 0 bridgehead atoms. The van der Waals surface area contributed by atoms with Gasteiger partial charge >= 0.3 is 0 Å². The van der Waals surface area contributed by atoms with E-state index in [1.165, 1.54) is 19.2 Å². The van der Waals surface area contributed by atoms with E-state index in [9.17, 15) is 15.3 Å². The molecule has 0 spiro atoms. The molecule has 96 valence electrons. The molecule has 2 unspecified atom stereocenters. The second kappa shape index (κ2) is 6.07. The lowest BCUT2D eigenvalue weighted by atomic mass is 10.0. The van der Waals surface area contributed by atoms with E-state index in [1.54, 1.807) is 7.05 Å². The van der Waals surface area contributed by atoms with Crippen LogP contribution in [0, 0.1) is 0 Å². The number of rotatable bonds is 5. The molecular weight excluding hydrogens is 246 g/mol. The van der Waals surface area contributed by atoms with Crippen LogP contribution in [0.5, 0.6) is 11.5 Å². The van der Waals surface area contributed by atoms with Crippen LogP contribution < -0.4 is 10.1 Å². The predicted octanol–water partition coefficient (Wildman–Crippen LogP) is 0.668. The first-order valence-electron chi connectivity index (χ1n) is 5.08. The Labute approximate surface area is 105 Å². The number of nitrogens with one attached hydrogen (secondary N) is 1. The van der Waals surface area contributed by atoms with E-state index in [0.29, 0.717) is 5.56 Å². The third-order valence-electron chi connectivity index (χ3n) is 2.39. The van der Waals surface area contributed by atoms with Gasteiger partial charge in [0, 0.05) is 6.54 Å². The molecule has 0 saturated carbocycles. The maximum absolute atomic E-state index is 9.87. The van der Waals surface area contributed by atoms with Crippen LogP contribution in [0.4, 0.5) is 0 Å². The van der Waals surface area contributed by atoms with Gasteiger partial charge in [-0.3, -0.25) is 0 Å². The fourth-order valence-electron chi connectivity index (χ4n) is 1.46. The number of likely N-dealkylation sites (N-methyl/N-ethyl adjacent to an activating group) is 1. The normalized spacial score (nSPS) is 14.4. The second-order valence-electron chi connectivity index (χ2n) is 3.62. The Morgan fingerprint density at radius 3 is 2.59 bits per heavy atom. The van der Waals surface area contributed by atoms with Crippen LogP contribution in [-0.2, 0) is 0 Å². The average molecular weight is 262 g/mol. The van der Waals surface area contributed by atoms with E-state index >= 15 is 0 Å². The topological polar surface area (TPSA) is 82.0 Å². The highest BCUT2D eigenvalue weighted by Crippen LogP contribution is 2.37. The van der Waals surface area contributed by atoms with Crippen molar-refractivity contribution >= 4 is 11.6 Å². The summed E-state index contributed by atoms with van der Waals surface area (Å²) in [6.45, 7) is 0.238. The summed E-state index contributed by atoms with van der Waals surface area (Å²) in [4.78, 5) is 0. The summed E-state index contributed by atoms with van der Waals surface area (Å²) in [7, 11) is 3.05. The summed E-state index contributed by atoms with van der Waals surface area (Å²) in [5.74, 6) is -0.0311. The highest BCUT2D eigenvalue weighted by molar-refractivity contribution is 6.32. The maximum atomic E-state index is 9.87. The number of hydrogen-bond acceptors (Lipinski definition) is 5. The molecule has 0 aliphatic heterocycles. The molecule has 2 atom stereocenters. The van der Waals surface area contributed by atoms with Crippen LogP contribution in [-0.4, -0.2) is 42.1 Å². The SMILES string of the molecule is CNCC(O)C(O)c1cc(Cl)c(O)c(OC)c1. The van der Waals surface area contributed by atoms with E-state index in [4.69, 9.17) is 16.3 Å². The van der Waals surface area contributed by atoms with E-state index in [1.807, 2.05) is 0 Å². The van der Waals surface area contributed by atoms with Gasteiger partial charge < -0.3 is 25.4 Å². The number of phenols is 1. The van der Waals surface area contributed by atoms with Gasteiger partial charge in [0.1, 0.15) is 6.10 Å². The molecule has 4 N–H and O–H groups in total. The first-order chi connectivity index (χ1) is 8.01. The molecule has 6 heteroatoms. The van der Waals surface area contributed by atoms with Crippen LogP contribution in [0.1, 0.15) is 11.7 Å². The van der Waals surface area contributed by atoms with Crippen molar-refractivity contribution in [3.63, 3.8) is 0 Å². The molecule has 5 nitrogen and oxygen atoms in total. The monoisotopic (exact) mass is 261 g/mol. The molecule has 0 saturated heterocycles. The minimum absolute atomic E-state index is 0.0649. The smallest absolute Gasteiger partial charge is 0.176 e. The molecule has 0 aliphatic carbocycles. The number of aliphatic hydroxyl groups is 2. The zero-order valence-corrected chi connectivity index (χ0v) is 10.4. The van der Waals surface area contributed by atoms with Crippen molar-refractivity contribution in [2.45, 2.75) is 12.2 Å². The number of aliphatic hydroxyl groups excluding tert-OH is 2. The summed E-state index contributed by atoms with van der Waals surface area (Å²) in [6, 6.07) is 2.83. The maximum Gasteiger partial charge on any atom is 0.176 e. The van der Waals surface area contributed by atoms with Crippen molar-refractivity contribution in [2.75, 3.05) is 20.7 Å². The lowest BCUT2D eigenvalue weighted by Crippen LogP contribution is -2.29. The third-order valence-corrected chi connectivity index (χ3v) is 2.68. The Balaban J connectivity index is 3.02. The molecule has 17 heavy (non-hydrogen) atoms. The highest BCUT2D eigenvalue weighted by Gasteiger charge is 2.20. The summed E-state index contributed by atoms with van der Waals surface area (Å²) < 4.78 is 4.91. The van der Waals surface area contributed by atoms with Crippen molar-refractivity contribution < 1.29 is 20.1 Å². The van der Waals surface area contributed by atoms with Gasteiger partial charge in [0.2, 0.25) is 0 Å². The van der Waals surface area contributed by atoms with Gasteiger partial charge in [-0.05, 0) is 24.7 Å². The number of hydrogen-bond donors (Lipinski definition) is 4. The fourth-order valence-corrected chi connectivity index (χ4v) is 1.68. The lowest BCUT2D eigenvalue weighted by Gasteiger charge is -2.19. The van der Waals surface area contributed by atoms with Crippen molar-refractivity contribution in [2.24, 2.45) is 0 Å². The van der Waals surface area contributed by atoms with E-state index in [-0.39, 0.29) is 23.1 Å². The molecule has 0 fully saturated rings. The zero-order valence-electron chi connectivity index (χ0n) is 9.64. The largest absolute Gasteiger partial charge is 0.503 e. The van der Waals surface area contributed by atoms with Crippen LogP contribution in [0.2, 0.25) is 5.02 Å². The Kier molecular flexibility index (Phi) is 5.02. The van der Waals surface area contributed by atoms with Crippen molar-refractivity contribution in [1.82, 2.24) is 5.32 Å². The molecule has 0 aliphatic rings. The molecule has 1 aromatic rings. The minimum Gasteiger partial charge on any atom is -0.503 e. The Bertz CT molecular complexity index is 386. The summed E-state index contributed by atoms with van der Waals surface area (Å²) in [5.41, 5.74) is 0.382. The average Bonchev–Trinajstić information content (AvgIpc) is 2.31. The quantitative estimate of drug-likeness (QED) is 0.626. The Morgan fingerprint density at radius 2 is 2.06 bits per heavy atom. The second-order valence-corrected chi connectivity index (χ2v) is 4.03. The van der Waals surface area contributed by atoms with E-state index in [0.717, 1.165) is 0 Å². The number of ether oxygens (including phenoxy) is 1. The number of phenolic OH excluding ortho intramolecular Hbond substituents is 1. The molecule has 0 amide bonds. The fraction of sp³-hybridized carbons (Fsp3) is 0.455. The number of halogens is 1. The molecule has 1 rings (SSSR count). The van der Waals surface area contributed by atoms with Gasteiger partial charge in [-0.25, -0.2) is 0 Å². The molecular formula is C11H16ClNO4. The van der Waals surface area contributed by atoms with Gasteiger partial charge in [-0.2, -0.15) is 0 Å². The standard InChI is InChI=1S/C11H16ClNO4/c1-13-5-8(14)10(15)6-3-7(12)11(16)9(4-6)17-2/h3-4,8,10,13-16H,5H2,1-2H3. The van der Waals surface area contributed by atoms with E-state index in [2.05, 4.69) is 5.32 Å². The van der Waals surface area contributed by atoms with Gasteiger partial charge in [0.25, 0.3) is 0 Å². The Hall–Kier alpha value is -1.01. The van der Waals surface area contributed by atoms with Gasteiger partial charge in [-0.1, -0.05) is 11.6 Å². The number of aromatic hydroxyl groups is 1. The van der Waals surface area contributed by atoms with Crippen LogP contribution in [0.25, 0.3) is 0 Å². The first kappa shape index (κ1) is 14.1. The first-order valence-corrected chi connectivity index (χ1v) is 5.46. The molecule has 1 aromatic carbocycles. The van der Waals surface area contributed by atoms with Crippen molar-refractivity contribution in [3.05, 3.63) is 22.7 Å². The lowest BCUT2D eigenvalue weighted by molar-refractivity contribution is 0.0201. The van der Waals surface area contributed by atoms with Gasteiger partial charge in [-0.15, -0.1) is 0 Å². The van der Waals surface area contributed by atoms with E-state index < -0.39 is 12.2 Å². The van der Waals surface area contributed by atoms with Gasteiger partial charge in [0.15, 0.2) is 11.5 Å².